The van der Waals surface area contributed by atoms with Gasteiger partial charge in [-0.1, -0.05) is 17.6 Å². The zero-order valence-electron chi connectivity index (χ0n) is 10.7. The Kier molecular flexibility index (Phi) is 3.82. The van der Waals surface area contributed by atoms with Crippen molar-refractivity contribution in [1.82, 2.24) is 4.90 Å². The van der Waals surface area contributed by atoms with E-state index in [1.54, 1.807) is 23.1 Å². The van der Waals surface area contributed by atoms with Crippen LogP contribution in [-0.4, -0.2) is 50.7 Å². The Balaban J connectivity index is 2.22. The molecule has 0 atom stereocenters. The fourth-order valence-electron chi connectivity index (χ4n) is 2.06. The molecule has 1 saturated heterocycles. The third-order valence-corrected chi connectivity index (χ3v) is 3.16. The summed E-state index contributed by atoms with van der Waals surface area (Å²) in [6.07, 6.45) is 0. The molecule has 1 aromatic carbocycles. The van der Waals surface area contributed by atoms with Gasteiger partial charge in [0.25, 0.3) is 5.91 Å². The van der Waals surface area contributed by atoms with Gasteiger partial charge in [0.15, 0.2) is 5.78 Å². The third-order valence-electron chi connectivity index (χ3n) is 3.16. The van der Waals surface area contributed by atoms with Gasteiger partial charge in [-0.05, 0) is 13.0 Å². The van der Waals surface area contributed by atoms with Crippen molar-refractivity contribution in [2.45, 2.75) is 6.92 Å². The summed E-state index contributed by atoms with van der Waals surface area (Å²) >= 11 is 0. The molecular weight excluding hydrogens is 229 g/mol. The Morgan fingerprint density at radius 3 is 2.50 bits per heavy atom. The molecule has 1 fully saturated rings. The Bertz CT molecular complexity index is 481. The van der Waals surface area contributed by atoms with Crippen LogP contribution in [0, 0.1) is 0 Å². The lowest BCUT2D eigenvalue weighted by molar-refractivity contribution is 0.0304. The first-order chi connectivity index (χ1) is 8.59. The number of rotatable bonds is 2. The molecule has 0 bridgehead atoms. The maximum atomic E-state index is 12.3. The van der Waals surface area contributed by atoms with E-state index < -0.39 is 0 Å². The van der Waals surface area contributed by atoms with E-state index in [-0.39, 0.29) is 11.7 Å². The SMILES string of the molecule is Bc1cc(C(C)=O)ccc1C(=O)N1CCOCC1. The molecule has 1 amide bonds. The summed E-state index contributed by atoms with van der Waals surface area (Å²) in [5, 5.41) is 0. The Morgan fingerprint density at radius 2 is 1.94 bits per heavy atom. The first kappa shape index (κ1) is 12.8. The number of benzene rings is 1. The average molecular weight is 245 g/mol. The number of hydrogen-bond donors (Lipinski definition) is 0. The van der Waals surface area contributed by atoms with Crippen molar-refractivity contribution in [2.24, 2.45) is 0 Å². The molecular formula is C13H16BNO3. The quantitative estimate of drug-likeness (QED) is 0.527. The van der Waals surface area contributed by atoms with Crippen LogP contribution in [0.15, 0.2) is 18.2 Å². The lowest BCUT2D eigenvalue weighted by Crippen LogP contribution is -2.42. The highest BCUT2D eigenvalue weighted by atomic mass is 16.5. The van der Waals surface area contributed by atoms with Crippen LogP contribution in [0.4, 0.5) is 0 Å². The molecule has 1 aromatic rings. The van der Waals surface area contributed by atoms with Gasteiger partial charge in [0.2, 0.25) is 0 Å². The van der Waals surface area contributed by atoms with E-state index >= 15 is 0 Å². The number of ether oxygens (including phenoxy) is 1. The topological polar surface area (TPSA) is 46.6 Å². The number of hydrogen-bond acceptors (Lipinski definition) is 3. The van der Waals surface area contributed by atoms with Crippen molar-refractivity contribution in [3.63, 3.8) is 0 Å². The number of amides is 1. The molecule has 0 radical (unpaired) electrons. The summed E-state index contributed by atoms with van der Waals surface area (Å²) in [7, 11) is 1.86. The second-order valence-corrected chi connectivity index (χ2v) is 4.49. The normalized spacial score (nSPS) is 15.5. The fraction of sp³-hybridized carbons (Fsp3) is 0.385. The van der Waals surface area contributed by atoms with E-state index in [2.05, 4.69) is 0 Å². The van der Waals surface area contributed by atoms with Gasteiger partial charge in [0.05, 0.1) is 13.2 Å². The van der Waals surface area contributed by atoms with Gasteiger partial charge >= 0.3 is 0 Å². The van der Waals surface area contributed by atoms with Crippen LogP contribution in [-0.2, 0) is 4.74 Å². The molecule has 0 spiro atoms. The van der Waals surface area contributed by atoms with E-state index in [4.69, 9.17) is 4.74 Å². The van der Waals surface area contributed by atoms with Crippen molar-refractivity contribution in [2.75, 3.05) is 26.3 Å². The van der Waals surface area contributed by atoms with E-state index in [1.807, 2.05) is 7.85 Å². The van der Waals surface area contributed by atoms with Crippen LogP contribution in [0.5, 0.6) is 0 Å². The highest BCUT2D eigenvalue weighted by Crippen LogP contribution is 2.07. The molecule has 0 saturated carbocycles. The summed E-state index contributed by atoms with van der Waals surface area (Å²) in [5.41, 5.74) is 2.16. The predicted molar refractivity (Wildman–Crippen MR) is 71.3 cm³/mol. The number of Topliss-reactive ketones (excluding diaryl/α,β-unsaturated/α-hetero) is 1. The number of carbonyl (C=O) groups is 2. The van der Waals surface area contributed by atoms with E-state index in [1.165, 1.54) is 6.92 Å². The van der Waals surface area contributed by atoms with Crippen molar-refractivity contribution in [3.05, 3.63) is 29.3 Å². The molecule has 1 aliphatic heterocycles. The minimum atomic E-state index is 0.0171. The van der Waals surface area contributed by atoms with Gasteiger partial charge in [-0.25, -0.2) is 0 Å². The van der Waals surface area contributed by atoms with Crippen LogP contribution in [0.25, 0.3) is 0 Å². The molecule has 0 aliphatic carbocycles. The number of carbonyl (C=O) groups excluding carboxylic acids is 2. The highest BCUT2D eigenvalue weighted by molar-refractivity contribution is 6.37. The molecule has 2 rings (SSSR count). The second kappa shape index (κ2) is 5.35. The molecule has 5 heteroatoms. The summed E-state index contributed by atoms with van der Waals surface area (Å²) in [4.78, 5) is 25.3. The lowest BCUT2D eigenvalue weighted by atomic mass is 9.87. The van der Waals surface area contributed by atoms with Gasteiger partial charge in [-0.3, -0.25) is 9.59 Å². The predicted octanol–water partition coefficient (Wildman–Crippen LogP) is -0.380. The molecule has 0 aromatic heterocycles. The summed E-state index contributed by atoms with van der Waals surface area (Å²) < 4.78 is 5.23. The minimum Gasteiger partial charge on any atom is -0.378 e. The van der Waals surface area contributed by atoms with Gasteiger partial charge < -0.3 is 9.64 Å². The molecule has 1 aliphatic rings. The second-order valence-electron chi connectivity index (χ2n) is 4.49. The number of ketones is 1. The van der Waals surface area contributed by atoms with Gasteiger partial charge in [-0.2, -0.15) is 0 Å². The van der Waals surface area contributed by atoms with Crippen LogP contribution in [0.1, 0.15) is 27.6 Å². The molecule has 18 heavy (non-hydrogen) atoms. The van der Waals surface area contributed by atoms with Crippen LogP contribution in [0.2, 0.25) is 0 Å². The molecule has 94 valence electrons. The fourth-order valence-corrected chi connectivity index (χ4v) is 2.06. The monoisotopic (exact) mass is 245 g/mol. The Labute approximate surface area is 107 Å². The molecule has 4 nitrogen and oxygen atoms in total. The van der Waals surface area contributed by atoms with Gasteiger partial charge in [0, 0.05) is 24.2 Å². The summed E-state index contributed by atoms with van der Waals surface area (Å²) in [6.45, 7) is 3.98. The molecule has 1 heterocycles. The maximum Gasteiger partial charge on any atom is 0.253 e. The zero-order valence-corrected chi connectivity index (χ0v) is 10.7. The number of nitrogens with zero attached hydrogens (tertiary/aromatic N) is 1. The van der Waals surface area contributed by atoms with Crippen LogP contribution < -0.4 is 5.46 Å². The lowest BCUT2D eigenvalue weighted by Gasteiger charge is -2.27. The van der Waals surface area contributed by atoms with Crippen molar-refractivity contribution < 1.29 is 14.3 Å². The van der Waals surface area contributed by atoms with Crippen LogP contribution >= 0.6 is 0 Å². The van der Waals surface area contributed by atoms with E-state index in [0.717, 1.165) is 5.46 Å². The number of morpholine rings is 1. The Hall–Kier alpha value is -1.62. The first-order valence-electron chi connectivity index (χ1n) is 6.08. The summed E-state index contributed by atoms with van der Waals surface area (Å²) in [6, 6.07) is 5.23. The van der Waals surface area contributed by atoms with Crippen LogP contribution in [0.3, 0.4) is 0 Å². The van der Waals surface area contributed by atoms with Crippen molar-refractivity contribution in [3.8, 4) is 0 Å². The van der Waals surface area contributed by atoms with Crippen molar-refractivity contribution >= 4 is 25.0 Å². The standard InChI is InChI=1S/C13H16BNO3/c1-9(16)10-2-3-11(12(14)8-10)13(17)15-4-6-18-7-5-15/h2-3,8H,4-7,14H2,1H3. The van der Waals surface area contributed by atoms with Gasteiger partial charge in [0.1, 0.15) is 7.85 Å². The van der Waals surface area contributed by atoms with E-state index in [9.17, 15) is 9.59 Å². The summed E-state index contributed by atoms with van der Waals surface area (Å²) in [5.74, 6) is 0.0365. The minimum absolute atomic E-state index is 0.0171. The largest absolute Gasteiger partial charge is 0.378 e. The first-order valence-corrected chi connectivity index (χ1v) is 6.08. The van der Waals surface area contributed by atoms with Gasteiger partial charge in [-0.15, -0.1) is 0 Å². The average Bonchev–Trinajstić information content (AvgIpc) is 2.38. The molecule has 0 N–H and O–H groups in total. The highest BCUT2D eigenvalue weighted by Gasteiger charge is 2.20. The Morgan fingerprint density at radius 1 is 1.28 bits per heavy atom. The van der Waals surface area contributed by atoms with E-state index in [0.29, 0.717) is 37.4 Å². The zero-order chi connectivity index (χ0) is 13.1. The molecule has 0 unspecified atom stereocenters. The third kappa shape index (κ3) is 2.62. The van der Waals surface area contributed by atoms with Crippen molar-refractivity contribution in [1.29, 1.82) is 0 Å². The maximum absolute atomic E-state index is 12.3. The smallest absolute Gasteiger partial charge is 0.253 e.